The van der Waals surface area contributed by atoms with Gasteiger partial charge in [0.15, 0.2) is 0 Å². The number of aromatic nitrogens is 1. The van der Waals surface area contributed by atoms with Gasteiger partial charge in [0.25, 0.3) is 0 Å². The van der Waals surface area contributed by atoms with E-state index >= 15 is 0 Å². The Morgan fingerprint density at radius 2 is 1.90 bits per heavy atom. The van der Waals surface area contributed by atoms with Crippen LogP contribution in [0.4, 0.5) is 5.82 Å². The highest BCUT2D eigenvalue weighted by molar-refractivity contribution is 6.32. The summed E-state index contributed by atoms with van der Waals surface area (Å²) in [5, 5.41) is 6.91. The van der Waals surface area contributed by atoms with Crippen molar-refractivity contribution in [3.05, 3.63) is 59.8 Å². The van der Waals surface area contributed by atoms with E-state index in [0.717, 1.165) is 29.5 Å². The van der Waals surface area contributed by atoms with Gasteiger partial charge in [0, 0.05) is 18.2 Å². The summed E-state index contributed by atoms with van der Waals surface area (Å²) >= 11 is 6.75. The third-order valence-corrected chi connectivity index (χ3v) is 6.51. The molecule has 2 aromatic rings. The highest BCUT2D eigenvalue weighted by atomic mass is 35.5. The number of pyridine rings is 1. The Morgan fingerprint density at radius 3 is 2.70 bits per heavy atom. The van der Waals surface area contributed by atoms with Crippen LogP contribution < -0.4 is 16.1 Å². The summed E-state index contributed by atoms with van der Waals surface area (Å²) in [4.78, 5) is 9.65. The van der Waals surface area contributed by atoms with Gasteiger partial charge in [0.2, 0.25) is 0 Å². The molecule has 4 rings (SSSR count). The number of nitrogens with zero attached hydrogens (tertiary/aromatic N) is 2. The van der Waals surface area contributed by atoms with E-state index in [-0.39, 0.29) is 11.4 Å². The van der Waals surface area contributed by atoms with E-state index in [1.54, 1.807) is 0 Å². The van der Waals surface area contributed by atoms with E-state index in [9.17, 15) is 0 Å². The molecule has 30 heavy (non-hydrogen) atoms. The standard InChI is InChI=1S/C24H30BClN4/c1-16-24(26)20(14-23(28-16)29-19-9-3-2-4-10-19)21-11-6-12-22(30-21)27-15-17-7-5-8-18(25)13-17/h5-8,11-14,16,19,24H,2-4,9-10,15,25H2,1H3,(H,27,30)(H,28,29). The SMILES string of the molecule is Bc1cccc(CNc2cccc(C3=CC(NC4CCCCC4)=NC(C)C3Cl)n2)c1. The molecule has 1 aliphatic heterocycles. The Morgan fingerprint density at radius 1 is 1.10 bits per heavy atom. The van der Waals surface area contributed by atoms with Gasteiger partial charge in [0.1, 0.15) is 19.5 Å². The Kier molecular flexibility index (Phi) is 6.78. The Labute approximate surface area is 185 Å². The number of amidine groups is 1. The van der Waals surface area contributed by atoms with Crippen molar-refractivity contribution in [3.8, 4) is 0 Å². The molecule has 0 bridgehead atoms. The summed E-state index contributed by atoms with van der Waals surface area (Å²) in [6.45, 7) is 2.82. The predicted molar refractivity (Wildman–Crippen MR) is 131 cm³/mol. The predicted octanol–water partition coefficient (Wildman–Crippen LogP) is 3.67. The number of anilines is 1. The maximum absolute atomic E-state index is 6.75. The second kappa shape index (κ2) is 9.70. The van der Waals surface area contributed by atoms with Gasteiger partial charge in [0.05, 0.1) is 17.1 Å². The maximum atomic E-state index is 6.75. The number of alkyl halides is 1. The molecule has 1 fully saturated rings. The van der Waals surface area contributed by atoms with E-state index in [4.69, 9.17) is 21.6 Å². The molecule has 6 heteroatoms. The number of rotatable bonds is 5. The first kappa shape index (κ1) is 21.0. The third-order valence-electron chi connectivity index (χ3n) is 5.91. The van der Waals surface area contributed by atoms with Crippen molar-refractivity contribution in [2.75, 3.05) is 5.32 Å². The Balaban J connectivity index is 1.49. The molecule has 0 saturated heterocycles. The van der Waals surface area contributed by atoms with Crippen LogP contribution in [-0.4, -0.2) is 36.1 Å². The van der Waals surface area contributed by atoms with Crippen LogP contribution in [0.15, 0.2) is 53.5 Å². The fourth-order valence-corrected chi connectivity index (χ4v) is 4.50. The zero-order valence-electron chi connectivity index (χ0n) is 17.9. The molecule has 2 heterocycles. The van der Waals surface area contributed by atoms with Crippen LogP contribution >= 0.6 is 11.6 Å². The Hall–Kier alpha value is -2.27. The molecule has 2 aliphatic rings. The lowest BCUT2D eigenvalue weighted by molar-refractivity contribution is 0.413. The summed E-state index contributed by atoms with van der Waals surface area (Å²) < 4.78 is 0. The number of nitrogens with one attached hydrogen (secondary N) is 2. The van der Waals surface area contributed by atoms with Crippen molar-refractivity contribution in [2.45, 2.75) is 63.0 Å². The van der Waals surface area contributed by atoms with Gasteiger partial charge >= 0.3 is 0 Å². The highest BCUT2D eigenvalue weighted by Gasteiger charge is 2.27. The molecule has 1 aliphatic carbocycles. The van der Waals surface area contributed by atoms with E-state index < -0.39 is 0 Å². The highest BCUT2D eigenvalue weighted by Crippen LogP contribution is 2.29. The van der Waals surface area contributed by atoms with Crippen molar-refractivity contribution in [1.82, 2.24) is 10.3 Å². The molecule has 2 N–H and O–H groups in total. The monoisotopic (exact) mass is 420 g/mol. The first-order valence-corrected chi connectivity index (χ1v) is 11.5. The molecule has 4 nitrogen and oxygen atoms in total. The number of halogens is 1. The Bertz CT molecular complexity index is 936. The quantitative estimate of drug-likeness (QED) is 0.573. The van der Waals surface area contributed by atoms with Gasteiger partial charge in [-0.2, -0.15) is 0 Å². The molecule has 1 saturated carbocycles. The maximum Gasteiger partial charge on any atom is 0.139 e. The van der Waals surface area contributed by atoms with E-state index in [1.165, 1.54) is 43.1 Å². The second-order valence-corrected chi connectivity index (χ2v) is 8.96. The first-order valence-electron chi connectivity index (χ1n) is 11.1. The van der Waals surface area contributed by atoms with Crippen LogP contribution in [0.3, 0.4) is 0 Å². The lowest BCUT2D eigenvalue weighted by atomic mass is 9.94. The first-order chi connectivity index (χ1) is 14.6. The molecule has 1 aromatic carbocycles. The zero-order chi connectivity index (χ0) is 20.9. The lowest BCUT2D eigenvalue weighted by Gasteiger charge is -2.28. The van der Waals surface area contributed by atoms with Crippen molar-refractivity contribution >= 4 is 42.1 Å². The fraction of sp³-hybridized carbons (Fsp3) is 0.417. The number of benzene rings is 1. The van der Waals surface area contributed by atoms with Crippen LogP contribution in [0.1, 0.15) is 50.3 Å². The normalized spacial score (nSPS) is 22.2. The lowest BCUT2D eigenvalue weighted by Crippen LogP contribution is -2.38. The van der Waals surface area contributed by atoms with Gasteiger partial charge in [-0.1, -0.05) is 55.1 Å². The number of hydrogen-bond acceptors (Lipinski definition) is 4. The van der Waals surface area contributed by atoms with E-state index in [0.29, 0.717) is 6.04 Å². The molecule has 2 atom stereocenters. The van der Waals surface area contributed by atoms with Crippen LogP contribution in [0.2, 0.25) is 0 Å². The molecule has 0 spiro atoms. The molecule has 0 radical (unpaired) electrons. The van der Waals surface area contributed by atoms with Gasteiger partial charge in [-0.15, -0.1) is 11.6 Å². The van der Waals surface area contributed by atoms with Crippen molar-refractivity contribution in [1.29, 1.82) is 0 Å². The third kappa shape index (κ3) is 5.26. The van der Waals surface area contributed by atoms with Crippen LogP contribution in [0.25, 0.3) is 5.57 Å². The van der Waals surface area contributed by atoms with Gasteiger partial charge in [-0.25, -0.2) is 4.98 Å². The fourth-order valence-electron chi connectivity index (χ4n) is 4.27. The van der Waals surface area contributed by atoms with E-state index in [1.807, 2.05) is 18.2 Å². The summed E-state index contributed by atoms with van der Waals surface area (Å²) in [5.74, 6) is 1.80. The van der Waals surface area contributed by atoms with Crippen LogP contribution in [0, 0.1) is 0 Å². The molecular formula is C24H30BClN4. The number of hydrogen-bond donors (Lipinski definition) is 2. The van der Waals surface area contributed by atoms with Crippen LogP contribution in [-0.2, 0) is 6.54 Å². The molecule has 1 aromatic heterocycles. The summed E-state index contributed by atoms with van der Waals surface area (Å²) in [5.41, 5.74) is 4.46. The minimum absolute atomic E-state index is 0.0171. The topological polar surface area (TPSA) is 49.3 Å². The second-order valence-electron chi connectivity index (χ2n) is 8.49. The van der Waals surface area contributed by atoms with Crippen LogP contribution in [0.5, 0.6) is 0 Å². The van der Waals surface area contributed by atoms with Gasteiger partial charge < -0.3 is 10.6 Å². The molecular weight excluding hydrogens is 391 g/mol. The largest absolute Gasteiger partial charge is 0.368 e. The van der Waals surface area contributed by atoms with Gasteiger partial charge in [-0.05, 0) is 43.5 Å². The minimum Gasteiger partial charge on any atom is -0.368 e. The molecule has 156 valence electrons. The van der Waals surface area contributed by atoms with Crippen molar-refractivity contribution in [2.24, 2.45) is 4.99 Å². The summed E-state index contributed by atoms with van der Waals surface area (Å²) in [6.07, 6.45) is 8.48. The average Bonchev–Trinajstić information content (AvgIpc) is 2.76. The van der Waals surface area contributed by atoms with Crippen molar-refractivity contribution < 1.29 is 0 Å². The summed E-state index contributed by atoms with van der Waals surface area (Å²) in [7, 11) is 2.11. The smallest absolute Gasteiger partial charge is 0.139 e. The average molecular weight is 421 g/mol. The molecule has 0 amide bonds. The number of aliphatic imine (C=N–C) groups is 1. The summed E-state index contributed by atoms with van der Waals surface area (Å²) in [6, 6.07) is 15.1. The van der Waals surface area contributed by atoms with Crippen molar-refractivity contribution in [3.63, 3.8) is 0 Å². The molecule has 2 unspecified atom stereocenters. The van der Waals surface area contributed by atoms with Gasteiger partial charge in [-0.3, -0.25) is 4.99 Å². The minimum atomic E-state index is -0.179. The zero-order valence-corrected chi connectivity index (χ0v) is 18.6. The number of dihydropyridines is 1. The van der Waals surface area contributed by atoms with E-state index in [2.05, 4.69) is 55.7 Å².